The van der Waals surface area contributed by atoms with E-state index in [0.29, 0.717) is 31.1 Å². The van der Waals surface area contributed by atoms with E-state index in [0.717, 1.165) is 24.2 Å². The minimum absolute atomic E-state index is 0.0523. The van der Waals surface area contributed by atoms with Crippen LogP contribution in [0, 0.1) is 0 Å². The fourth-order valence-corrected chi connectivity index (χ4v) is 4.94. The highest BCUT2D eigenvalue weighted by atomic mass is 32.2. The van der Waals surface area contributed by atoms with E-state index in [1.807, 2.05) is 31.2 Å². The Morgan fingerprint density at radius 3 is 2.44 bits per heavy atom. The topological polar surface area (TPSA) is 115 Å². The molecule has 0 bridgehead atoms. The van der Waals surface area contributed by atoms with Gasteiger partial charge >= 0.3 is 0 Å². The lowest BCUT2D eigenvalue weighted by Crippen LogP contribution is -2.28. The largest absolute Gasteiger partial charge is 0.494 e. The summed E-state index contributed by atoms with van der Waals surface area (Å²) < 4.78 is 37.3. The molecule has 10 heteroatoms. The van der Waals surface area contributed by atoms with Crippen LogP contribution < -0.4 is 10.1 Å². The van der Waals surface area contributed by atoms with Gasteiger partial charge in [-0.1, -0.05) is 5.16 Å². The lowest BCUT2D eigenvalue weighted by molar-refractivity contribution is 0.0946. The summed E-state index contributed by atoms with van der Waals surface area (Å²) in [5, 5.41) is 6.64. The normalized spacial score (nSPS) is 14.4. The van der Waals surface area contributed by atoms with Gasteiger partial charge in [0.05, 0.1) is 18.0 Å². The summed E-state index contributed by atoms with van der Waals surface area (Å²) in [6, 6.07) is 13.2. The number of carbonyl (C=O) groups excluding carboxylic acids is 1. The number of benzene rings is 2. The van der Waals surface area contributed by atoms with E-state index in [2.05, 4.69) is 15.5 Å². The van der Waals surface area contributed by atoms with Crippen molar-refractivity contribution in [2.45, 2.75) is 31.2 Å². The Morgan fingerprint density at radius 2 is 1.78 bits per heavy atom. The highest BCUT2D eigenvalue weighted by Gasteiger charge is 2.27. The summed E-state index contributed by atoms with van der Waals surface area (Å²) in [5.41, 5.74) is 1.11. The van der Waals surface area contributed by atoms with E-state index in [9.17, 15) is 13.2 Å². The van der Waals surface area contributed by atoms with Gasteiger partial charge in [-0.3, -0.25) is 4.79 Å². The van der Waals surface area contributed by atoms with Crippen molar-refractivity contribution in [2.75, 3.05) is 19.7 Å². The molecule has 1 aromatic heterocycles. The van der Waals surface area contributed by atoms with Gasteiger partial charge in [0.25, 0.3) is 5.91 Å². The molecule has 0 saturated carbocycles. The molecule has 0 radical (unpaired) electrons. The van der Waals surface area contributed by atoms with Crippen LogP contribution in [-0.4, -0.2) is 48.5 Å². The Balaban J connectivity index is 1.36. The molecule has 0 atom stereocenters. The first-order chi connectivity index (χ1) is 15.5. The van der Waals surface area contributed by atoms with Crippen LogP contribution in [0.5, 0.6) is 5.75 Å². The van der Waals surface area contributed by atoms with Gasteiger partial charge in [0.1, 0.15) is 5.75 Å². The van der Waals surface area contributed by atoms with Gasteiger partial charge in [-0.15, -0.1) is 0 Å². The first kappa shape index (κ1) is 22.0. The molecular weight excluding hydrogens is 432 g/mol. The molecule has 32 heavy (non-hydrogen) atoms. The zero-order chi connectivity index (χ0) is 22.6. The Bertz CT molecular complexity index is 1170. The number of nitrogens with zero attached hydrogens (tertiary/aromatic N) is 3. The molecule has 1 saturated heterocycles. The lowest BCUT2D eigenvalue weighted by Gasteiger charge is -2.15. The molecule has 1 amide bonds. The first-order valence-corrected chi connectivity index (χ1v) is 11.9. The van der Waals surface area contributed by atoms with Gasteiger partial charge in [-0.2, -0.15) is 9.29 Å². The van der Waals surface area contributed by atoms with E-state index in [1.54, 1.807) is 0 Å². The maximum absolute atomic E-state index is 12.6. The van der Waals surface area contributed by atoms with E-state index in [4.69, 9.17) is 9.26 Å². The maximum Gasteiger partial charge on any atom is 0.251 e. The van der Waals surface area contributed by atoms with E-state index in [-0.39, 0.29) is 23.2 Å². The standard InChI is InChI=1S/C22H24N4O5S/c1-2-30-18-9-5-16(6-10-18)21-24-20(31-25-21)15-23-22(27)17-7-11-19(12-8-17)32(28,29)26-13-3-4-14-26/h5-12H,2-4,13-15H2,1H3,(H,23,27). The number of ether oxygens (including phenoxy) is 1. The van der Waals surface area contributed by atoms with Crippen LogP contribution in [0.2, 0.25) is 0 Å². The minimum atomic E-state index is -3.51. The fraction of sp³-hybridized carbons (Fsp3) is 0.318. The average molecular weight is 457 g/mol. The molecule has 3 aromatic rings. The summed E-state index contributed by atoms with van der Waals surface area (Å²) >= 11 is 0. The lowest BCUT2D eigenvalue weighted by atomic mass is 10.2. The predicted octanol–water partition coefficient (Wildman–Crippen LogP) is 2.85. The van der Waals surface area contributed by atoms with Crippen LogP contribution in [0.4, 0.5) is 0 Å². The Hall–Kier alpha value is -3.24. The molecule has 2 aromatic carbocycles. The monoisotopic (exact) mass is 456 g/mol. The average Bonchev–Trinajstić information content (AvgIpc) is 3.51. The van der Waals surface area contributed by atoms with Crippen molar-refractivity contribution < 1.29 is 22.5 Å². The van der Waals surface area contributed by atoms with Crippen molar-refractivity contribution in [2.24, 2.45) is 0 Å². The second-order valence-corrected chi connectivity index (χ2v) is 9.23. The summed E-state index contributed by atoms with van der Waals surface area (Å²) in [6.45, 7) is 3.62. The number of amides is 1. The minimum Gasteiger partial charge on any atom is -0.494 e. The van der Waals surface area contributed by atoms with Crippen molar-refractivity contribution in [1.82, 2.24) is 19.8 Å². The van der Waals surface area contributed by atoms with Gasteiger partial charge in [-0.25, -0.2) is 8.42 Å². The third kappa shape index (κ3) is 4.81. The second-order valence-electron chi connectivity index (χ2n) is 7.29. The van der Waals surface area contributed by atoms with Crippen LogP contribution in [0.1, 0.15) is 36.0 Å². The quantitative estimate of drug-likeness (QED) is 0.554. The molecule has 9 nitrogen and oxygen atoms in total. The molecule has 2 heterocycles. The zero-order valence-corrected chi connectivity index (χ0v) is 18.5. The number of sulfonamides is 1. The van der Waals surface area contributed by atoms with Crippen LogP contribution in [0.15, 0.2) is 57.9 Å². The third-order valence-electron chi connectivity index (χ3n) is 5.11. The first-order valence-electron chi connectivity index (χ1n) is 10.4. The number of nitrogens with one attached hydrogen (secondary N) is 1. The van der Waals surface area contributed by atoms with E-state index < -0.39 is 10.0 Å². The number of rotatable bonds is 8. The smallest absolute Gasteiger partial charge is 0.251 e. The highest BCUT2D eigenvalue weighted by Crippen LogP contribution is 2.22. The Morgan fingerprint density at radius 1 is 1.09 bits per heavy atom. The van der Waals surface area contributed by atoms with Crippen molar-refractivity contribution >= 4 is 15.9 Å². The van der Waals surface area contributed by atoms with Crippen LogP contribution in [0.25, 0.3) is 11.4 Å². The summed E-state index contributed by atoms with van der Waals surface area (Å²) in [7, 11) is -3.51. The molecular formula is C22H24N4O5S. The summed E-state index contributed by atoms with van der Waals surface area (Å²) in [5.74, 6) is 1.06. The summed E-state index contributed by atoms with van der Waals surface area (Å²) in [6.07, 6.45) is 1.74. The SMILES string of the molecule is CCOc1ccc(-c2noc(CNC(=O)c3ccc(S(=O)(=O)N4CCCC4)cc3)n2)cc1. The molecule has 168 valence electrons. The number of hydrogen-bond donors (Lipinski definition) is 1. The molecule has 1 N–H and O–H groups in total. The molecule has 1 aliphatic heterocycles. The van der Waals surface area contributed by atoms with Crippen molar-refractivity contribution in [3.63, 3.8) is 0 Å². The van der Waals surface area contributed by atoms with Crippen LogP contribution >= 0.6 is 0 Å². The Kier molecular flexibility index (Phi) is 6.52. The van der Waals surface area contributed by atoms with E-state index in [1.165, 1.54) is 28.6 Å². The maximum atomic E-state index is 12.6. The van der Waals surface area contributed by atoms with Gasteiger partial charge in [0.2, 0.25) is 21.7 Å². The Labute approximate surface area is 186 Å². The number of hydrogen-bond acceptors (Lipinski definition) is 7. The fourth-order valence-electron chi connectivity index (χ4n) is 3.42. The van der Waals surface area contributed by atoms with Gasteiger partial charge in [0, 0.05) is 24.2 Å². The van der Waals surface area contributed by atoms with Crippen molar-refractivity contribution in [1.29, 1.82) is 0 Å². The van der Waals surface area contributed by atoms with Gasteiger partial charge < -0.3 is 14.6 Å². The molecule has 0 unspecified atom stereocenters. The second kappa shape index (κ2) is 9.49. The van der Waals surface area contributed by atoms with Crippen molar-refractivity contribution in [3.8, 4) is 17.1 Å². The van der Waals surface area contributed by atoms with E-state index >= 15 is 0 Å². The van der Waals surface area contributed by atoms with Gasteiger partial charge in [0.15, 0.2) is 0 Å². The highest BCUT2D eigenvalue weighted by molar-refractivity contribution is 7.89. The van der Waals surface area contributed by atoms with Crippen LogP contribution in [0.3, 0.4) is 0 Å². The molecule has 4 rings (SSSR count). The number of carbonyl (C=O) groups is 1. The number of aromatic nitrogens is 2. The third-order valence-corrected chi connectivity index (χ3v) is 7.02. The molecule has 0 spiro atoms. The predicted molar refractivity (Wildman–Crippen MR) is 117 cm³/mol. The van der Waals surface area contributed by atoms with Gasteiger partial charge in [-0.05, 0) is 68.3 Å². The molecule has 0 aliphatic carbocycles. The molecule has 1 fully saturated rings. The van der Waals surface area contributed by atoms with Crippen LogP contribution in [-0.2, 0) is 16.6 Å². The van der Waals surface area contributed by atoms with Crippen molar-refractivity contribution in [3.05, 3.63) is 60.0 Å². The zero-order valence-electron chi connectivity index (χ0n) is 17.7. The summed E-state index contributed by atoms with van der Waals surface area (Å²) in [4.78, 5) is 16.9. The molecule has 1 aliphatic rings.